The lowest BCUT2D eigenvalue weighted by Gasteiger charge is -2.05. The molecule has 106 valence electrons. The first kappa shape index (κ1) is 14.0. The molecule has 0 amide bonds. The number of hydrogen-bond acceptors (Lipinski definition) is 3. The summed E-state index contributed by atoms with van der Waals surface area (Å²) in [7, 11) is 0. The summed E-state index contributed by atoms with van der Waals surface area (Å²) in [5.74, 6) is 0.689. The lowest BCUT2D eigenvalue weighted by Crippen LogP contribution is -1.93. The lowest BCUT2D eigenvalue weighted by atomic mass is 10.0. The van der Waals surface area contributed by atoms with Gasteiger partial charge in [-0.1, -0.05) is 38.1 Å². The van der Waals surface area contributed by atoms with Gasteiger partial charge >= 0.3 is 0 Å². The summed E-state index contributed by atoms with van der Waals surface area (Å²) in [6.07, 6.45) is 4.73. The molecule has 0 unspecified atom stereocenters. The Bertz CT molecular complexity index is 700. The minimum absolute atomic E-state index is 0.689. The van der Waals surface area contributed by atoms with E-state index in [1.165, 1.54) is 11.1 Å². The van der Waals surface area contributed by atoms with Crippen LogP contribution in [0.4, 0.5) is 0 Å². The largest absolute Gasteiger partial charge is 0.265 e. The van der Waals surface area contributed by atoms with Crippen molar-refractivity contribution in [3.63, 3.8) is 0 Å². The van der Waals surface area contributed by atoms with Crippen LogP contribution in [-0.2, 0) is 6.42 Å². The molecule has 3 heteroatoms. The molecule has 0 atom stereocenters. The second kappa shape index (κ2) is 6.19. The van der Waals surface area contributed by atoms with Gasteiger partial charge in [0.2, 0.25) is 0 Å². The standard InChI is InChI=1S/C18H18N2S/c1-13(2)11-14-3-5-16(6-4-14)18-20-17(12-21-18)15-7-9-19-10-8-15/h3-10,12-13H,11H2,1-2H3. The first-order valence-corrected chi connectivity index (χ1v) is 8.05. The van der Waals surface area contributed by atoms with Crippen molar-refractivity contribution in [3.05, 3.63) is 59.7 Å². The Morgan fingerprint density at radius 3 is 2.33 bits per heavy atom. The van der Waals surface area contributed by atoms with Crippen molar-refractivity contribution in [3.8, 4) is 21.8 Å². The average molecular weight is 294 g/mol. The quantitative estimate of drug-likeness (QED) is 0.671. The molecule has 0 radical (unpaired) electrons. The van der Waals surface area contributed by atoms with Crippen LogP contribution in [0.2, 0.25) is 0 Å². The Labute approximate surface area is 129 Å². The molecule has 0 saturated carbocycles. The Morgan fingerprint density at radius 1 is 0.952 bits per heavy atom. The van der Waals surface area contributed by atoms with Gasteiger partial charge in [0.1, 0.15) is 5.01 Å². The molecular formula is C18H18N2S. The lowest BCUT2D eigenvalue weighted by molar-refractivity contribution is 0.647. The maximum Gasteiger partial charge on any atom is 0.124 e. The van der Waals surface area contributed by atoms with Gasteiger partial charge in [-0.05, 0) is 30.0 Å². The van der Waals surface area contributed by atoms with Crippen molar-refractivity contribution in [1.82, 2.24) is 9.97 Å². The number of pyridine rings is 1. The third-order valence-electron chi connectivity index (χ3n) is 3.33. The van der Waals surface area contributed by atoms with Crippen molar-refractivity contribution in [1.29, 1.82) is 0 Å². The Hall–Kier alpha value is -2.00. The molecule has 0 aliphatic carbocycles. The number of hydrogen-bond donors (Lipinski definition) is 0. The first-order valence-electron chi connectivity index (χ1n) is 7.17. The van der Waals surface area contributed by atoms with Gasteiger partial charge in [0, 0.05) is 28.9 Å². The van der Waals surface area contributed by atoms with Gasteiger partial charge in [0.05, 0.1) is 5.69 Å². The number of rotatable bonds is 4. The van der Waals surface area contributed by atoms with E-state index >= 15 is 0 Å². The molecule has 0 bridgehead atoms. The Balaban J connectivity index is 1.83. The third kappa shape index (κ3) is 3.37. The van der Waals surface area contributed by atoms with Gasteiger partial charge in [-0.3, -0.25) is 4.98 Å². The SMILES string of the molecule is CC(C)Cc1ccc(-c2nc(-c3ccncc3)cs2)cc1. The summed E-state index contributed by atoms with van der Waals surface area (Å²) in [5.41, 5.74) is 4.71. The zero-order chi connectivity index (χ0) is 14.7. The van der Waals surface area contributed by atoms with E-state index in [0.717, 1.165) is 22.7 Å². The van der Waals surface area contributed by atoms with E-state index in [2.05, 4.69) is 48.5 Å². The number of nitrogens with zero attached hydrogens (tertiary/aromatic N) is 2. The van der Waals surface area contributed by atoms with Gasteiger partial charge in [0.15, 0.2) is 0 Å². The topological polar surface area (TPSA) is 25.8 Å². The first-order chi connectivity index (χ1) is 10.2. The molecule has 1 aromatic carbocycles. The summed E-state index contributed by atoms with van der Waals surface area (Å²) in [4.78, 5) is 8.78. The van der Waals surface area contributed by atoms with Crippen LogP contribution in [0.25, 0.3) is 21.8 Å². The van der Waals surface area contributed by atoms with Crippen LogP contribution in [-0.4, -0.2) is 9.97 Å². The average Bonchev–Trinajstić information content (AvgIpc) is 2.98. The maximum absolute atomic E-state index is 4.73. The second-order valence-corrected chi connectivity index (χ2v) is 6.43. The predicted octanol–water partition coefficient (Wildman–Crippen LogP) is 5.07. The predicted molar refractivity (Wildman–Crippen MR) is 89.3 cm³/mol. The molecule has 0 saturated heterocycles. The van der Waals surface area contributed by atoms with E-state index in [9.17, 15) is 0 Å². The summed E-state index contributed by atoms with van der Waals surface area (Å²) in [5, 5.41) is 3.17. The summed E-state index contributed by atoms with van der Waals surface area (Å²) in [6, 6.07) is 12.8. The Kier molecular flexibility index (Phi) is 4.11. The van der Waals surface area contributed by atoms with Crippen LogP contribution in [0.15, 0.2) is 54.2 Å². The molecule has 2 heterocycles. The van der Waals surface area contributed by atoms with Gasteiger partial charge in [-0.2, -0.15) is 0 Å². The smallest absolute Gasteiger partial charge is 0.124 e. The molecule has 0 N–H and O–H groups in total. The van der Waals surface area contributed by atoms with Crippen LogP contribution in [0.1, 0.15) is 19.4 Å². The van der Waals surface area contributed by atoms with E-state index in [-0.39, 0.29) is 0 Å². The Morgan fingerprint density at radius 2 is 1.67 bits per heavy atom. The van der Waals surface area contributed by atoms with Gasteiger partial charge < -0.3 is 0 Å². The fourth-order valence-electron chi connectivity index (χ4n) is 2.32. The highest BCUT2D eigenvalue weighted by Crippen LogP contribution is 2.28. The van der Waals surface area contributed by atoms with E-state index in [1.807, 2.05) is 12.1 Å². The van der Waals surface area contributed by atoms with Crippen LogP contribution in [0, 0.1) is 5.92 Å². The van der Waals surface area contributed by atoms with E-state index in [1.54, 1.807) is 23.7 Å². The molecular weight excluding hydrogens is 276 g/mol. The highest BCUT2D eigenvalue weighted by molar-refractivity contribution is 7.13. The summed E-state index contributed by atoms with van der Waals surface area (Å²) in [6.45, 7) is 4.49. The number of aromatic nitrogens is 2. The molecule has 0 fully saturated rings. The maximum atomic E-state index is 4.73. The van der Waals surface area contributed by atoms with Gasteiger partial charge in [-0.15, -0.1) is 11.3 Å². The zero-order valence-electron chi connectivity index (χ0n) is 12.3. The van der Waals surface area contributed by atoms with E-state index in [0.29, 0.717) is 5.92 Å². The van der Waals surface area contributed by atoms with E-state index in [4.69, 9.17) is 4.98 Å². The summed E-state index contributed by atoms with van der Waals surface area (Å²) < 4.78 is 0. The van der Waals surface area contributed by atoms with Crippen LogP contribution in [0.5, 0.6) is 0 Å². The highest BCUT2D eigenvalue weighted by atomic mass is 32.1. The minimum atomic E-state index is 0.689. The van der Waals surface area contributed by atoms with Gasteiger partial charge in [-0.25, -0.2) is 4.98 Å². The highest BCUT2D eigenvalue weighted by Gasteiger charge is 2.07. The van der Waals surface area contributed by atoms with Crippen molar-refractivity contribution in [2.45, 2.75) is 20.3 Å². The molecule has 0 spiro atoms. The molecule has 21 heavy (non-hydrogen) atoms. The van der Waals surface area contributed by atoms with Crippen molar-refractivity contribution < 1.29 is 0 Å². The fraction of sp³-hybridized carbons (Fsp3) is 0.222. The fourth-order valence-corrected chi connectivity index (χ4v) is 3.15. The van der Waals surface area contributed by atoms with Crippen molar-refractivity contribution >= 4 is 11.3 Å². The molecule has 3 aromatic rings. The zero-order valence-corrected chi connectivity index (χ0v) is 13.1. The summed E-state index contributed by atoms with van der Waals surface area (Å²) >= 11 is 1.69. The van der Waals surface area contributed by atoms with E-state index < -0.39 is 0 Å². The molecule has 2 nitrogen and oxygen atoms in total. The molecule has 0 aliphatic heterocycles. The van der Waals surface area contributed by atoms with Gasteiger partial charge in [0.25, 0.3) is 0 Å². The third-order valence-corrected chi connectivity index (χ3v) is 4.22. The number of thiazole rings is 1. The molecule has 3 rings (SSSR count). The van der Waals surface area contributed by atoms with Crippen LogP contribution in [0.3, 0.4) is 0 Å². The minimum Gasteiger partial charge on any atom is -0.265 e. The monoisotopic (exact) mass is 294 g/mol. The van der Waals surface area contributed by atoms with Crippen LogP contribution >= 0.6 is 11.3 Å². The number of benzene rings is 1. The van der Waals surface area contributed by atoms with Crippen molar-refractivity contribution in [2.75, 3.05) is 0 Å². The second-order valence-electron chi connectivity index (χ2n) is 5.57. The van der Waals surface area contributed by atoms with Crippen LogP contribution < -0.4 is 0 Å². The molecule has 2 aromatic heterocycles. The van der Waals surface area contributed by atoms with Crippen molar-refractivity contribution in [2.24, 2.45) is 5.92 Å². The normalized spacial score (nSPS) is 11.0. The molecule has 0 aliphatic rings.